The quantitative estimate of drug-likeness (QED) is 0.632. The summed E-state index contributed by atoms with van der Waals surface area (Å²) >= 11 is 5.31. The van der Waals surface area contributed by atoms with Gasteiger partial charge in [0, 0.05) is 0 Å². The number of carbonyl (C=O) groups is 1. The molecule has 0 spiro atoms. The lowest BCUT2D eigenvalue weighted by atomic mass is 10.1. The minimum atomic E-state index is -1.07. The van der Waals surface area contributed by atoms with Gasteiger partial charge in [0.2, 0.25) is 0 Å². The average molecular weight is 386 g/mol. The van der Waals surface area contributed by atoms with Crippen molar-refractivity contribution >= 4 is 29.1 Å². The summed E-state index contributed by atoms with van der Waals surface area (Å²) in [4.78, 5) is 26.9. The number of methoxy groups -OCH3 is 1. The lowest BCUT2D eigenvalue weighted by Gasteiger charge is -2.13. The van der Waals surface area contributed by atoms with E-state index in [-0.39, 0.29) is 22.4 Å². The van der Waals surface area contributed by atoms with Gasteiger partial charge in [-0.05, 0) is 55.0 Å². The van der Waals surface area contributed by atoms with Gasteiger partial charge in [-0.25, -0.2) is 4.79 Å². The van der Waals surface area contributed by atoms with Crippen molar-refractivity contribution < 1.29 is 19.4 Å². The van der Waals surface area contributed by atoms with Crippen LogP contribution in [0.2, 0.25) is 0 Å². The number of nitrogens with zero attached hydrogens (tertiary/aromatic N) is 1. The molecule has 0 unspecified atom stereocenters. The highest BCUT2D eigenvalue weighted by Crippen LogP contribution is 2.28. The summed E-state index contributed by atoms with van der Waals surface area (Å²) in [5.74, 6) is 0.132. The smallest absolute Gasteiger partial charge is 0.335 e. The molecule has 0 aliphatic heterocycles. The van der Waals surface area contributed by atoms with Crippen LogP contribution in [0.25, 0.3) is 10.9 Å². The van der Waals surface area contributed by atoms with E-state index in [9.17, 15) is 9.59 Å². The zero-order chi connectivity index (χ0) is 19.6. The fraction of sp³-hybridized carbons (Fsp3) is 0.211. The van der Waals surface area contributed by atoms with Crippen LogP contribution in [0.4, 0.5) is 0 Å². The average Bonchev–Trinajstić information content (AvgIpc) is 2.65. The predicted molar refractivity (Wildman–Crippen MR) is 104 cm³/mol. The molecular formula is C19H18N2O5S. The number of aromatic carboxylic acids is 1. The standard InChI is InChI=1S/C19H18N2O5S/c1-3-26-16-8-11(4-7-15(16)25-2)10-21-17(22)13-6-5-12(18(23)24)9-14(13)20-19(21)27/h4-9H,3,10H2,1-2H3,(H,20,27)(H,23,24). The molecule has 2 aromatic carbocycles. The molecule has 0 aliphatic rings. The third-order valence-electron chi connectivity index (χ3n) is 4.10. The Labute approximate surface area is 159 Å². The summed E-state index contributed by atoms with van der Waals surface area (Å²) in [5.41, 5.74) is 1.01. The lowest BCUT2D eigenvalue weighted by molar-refractivity contribution is 0.0697. The van der Waals surface area contributed by atoms with Gasteiger partial charge in [-0.15, -0.1) is 0 Å². The second kappa shape index (κ2) is 7.63. The molecule has 0 radical (unpaired) electrons. The van der Waals surface area contributed by atoms with E-state index in [1.165, 1.54) is 22.8 Å². The van der Waals surface area contributed by atoms with Crippen LogP contribution in [0.15, 0.2) is 41.2 Å². The molecule has 8 heteroatoms. The van der Waals surface area contributed by atoms with Crippen molar-refractivity contribution in [2.45, 2.75) is 13.5 Å². The molecule has 0 saturated carbocycles. The number of rotatable bonds is 6. The SMILES string of the molecule is CCOc1cc(Cn2c(=S)[nH]c3cc(C(=O)O)ccc3c2=O)ccc1OC. The van der Waals surface area contributed by atoms with Crippen molar-refractivity contribution in [1.82, 2.24) is 9.55 Å². The number of carboxylic acids is 1. The summed E-state index contributed by atoms with van der Waals surface area (Å²) in [6.07, 6.45) is 0. The molecule has 0 bridgehead atoms. The summed E-state index contributed by atoms with van der Waals surface area (Å²) in [7, 11) is 1.56. The van der Waals surface area contributed by atoms with E-state index in [1.54, 1.807) is 19.2 Å². The van der Waals surface area contributed by atoms with Crippen LogP contribution in [0.1, 0.15) is 22.8 Å². The van der Waals surface area contributed by atoms with Crippen molar-refractivity contribution in [1.29, 1.82) is 0 Å². The van der Waals surface area contributed by atoms with E-state index >= 15 is 0 Å². The van der Waals surface area contributed by atoms with Gasteiger partial charge in [0.05, 0.1) is 36.7 Å². The van der Waals surface area contributed by atoms with Crippen LogP contribution in [0.3, 0.4) is 0 Å². The van der Waals surface area contributed by atoms with Crippen LogP contribution in [0.5, 0.6) is 11.5 Å². The van der Waals surface area contributed by atoms with Gasteiger partial charge in [-0.2, -0.15) is 0 Å². The first kappa shape index (κ1) is 18.7. The van der Waals surface area contributed by atoms with Gasteiger partial charge < -0.3 is 19.6 Å². The molecule has 0 atom stereocenters. The maximum absolute atomic E-state index is 12.8. The molecule has 2 N–H and O–H groups in total. The van der Waals surface area contributed by atoms with Gasteiger partial charge in [0.1, 0.15) is 0 Å². The molecular weight excluding hydrogens is 368 g/mol. The molecule has 3 rings (SSSR count). The van der Waals surface area contributed by atoms with Gasteiger partial charge in [0.25, 0.3) is 5.56 Å². The first-order valence-electron chi connectivity index (χ1n) is 8.24. The van der Waals surface area contributed by atoms with Crippen LogP contribution in [-0.4, -0.2) is 34.3 Å². The molecule has 3 aromatic rings. The molecule has 1 aromatic heterocycles. The summed E-state index contributed by atoms with van der Waals surface area (Å²) in [6, 6.07) is 9.70. The second-order valence-corrected chi connectivity index (χ2v) is 6.19. The Balaban J connectivity index is 2.06. The topological polar surface area (TPSA) is 93.5 Å². The van der Waals surface area contributed by atoms with Crippen LogP contribution < -0.4 is 15.0 Å². The number of fused-ring (bicyclic) bond motifs is 1. The highest BCUT2D eigenvalue weighted by molar-refractivity contribution is 7.71. The van der Waals surface area contributed by atoms with Crippen LogP contribution >= 0.6 is 12.2 Å². The van der Waals surface area contributed by atoms with E-state index < -0.39 is 5.97 Å². The largest absolute Gasteiger partial charge is 0.493 e. The maximum Gasteiger partial charge on any atom is 0.335 e. The summed E-state index contributed by atoms with van der Waals surface area (Å²) < 4.78 is 12.5. The van der Waals surface area contributed by atoms with E-state index in [2.05, 4.69) is 4.98 Å². The number of hydrogen-bond acceptors (Lipinski definition) is 5. The Hall–Kier alpha value is -3.13. The molecule has 0 fully saturated rings. The number of nitrogens with one attached hydrogen (secondary N) is 1. The molecule has 0 saturated heterocycles. The van der Waals surface area contributed by atoms with Gasteiger partial charge >= 0.3 is 5.97 Å². The monoisotopic (exact) mass is 386 g/mol. The zero-order valence-corrected chi connectivity index (χ0v) is 15.6. The van der Waals surface area contributed by atoms with Gasteiger partial charge in [-0.3, -0.25) is 9.36 Å². The number of carboxylic acid groups (broad SMARTS) is 1. The van der Waals surface area contributed by atoms with Crippen molar-refractivity contribution in [3.63, 3.8) is 0 Å². The predicted octanol–water partition coefficient (Wildman–Crippen LogP) is 3.21. The zero-order valence-electron chi connectivity index (χ0n) is 14.8. The van der Waals surface area contributed by atoms with E-state index in [4.69, 9.17) is 26.8 Å². The summed E-state index contributed by atoms with van der Waals surface area (Å²) in [5, 5.41) is 9.47. The van der Waals surface area contributed by atoms with E-state index in [0.717, 1.165) is 5.56 Å². The van der Waals surface area contributed by atoms with E-state index in [1.807, 2.05) is 13.0 Å². The molecule has 0 amide bonds. The highest BCUT2D eigenvalue weighted by Gasteiger charge is 2.11. The fourth-order valence-corrected chi connectivity index (χ4v) is 3.06. The van der Waals surface area contributed by atoms with Gasteiger partial charge in [-0.1, -0.05) is 6.07 Å². The Morgan fingerprint density at radius 3 is 2.67 bits per heavy atom. The Morgan fingerprint density at radius 2 is 2.00 bits per heavy atom. The van der Waals surface area contributed by atoms with E-state index in [0.29, 0.717) is 29.0 Å². The Bertz CT molecular complexity index is 1130. The van der Waals surface area contributed by atoms with Gasteiger partial charge in [0.15, 0.2) is 16.3 Å². The Kier molecular flexibility index (Phi) is 5.27. The molecule has 7 nitrogen and oxygen atoms in total. The summed E-state index contributed by atoms with van der Waals surface area (Å²) in [6.45, 7) is 2.61. The first-order valence-corrected chi connectivity index (χ1v) is 8.65. The number of aromatic nitrogens is 2. The number of H-pyrrole nitrogens is 1. The second-order valence-electron chi connectivity index (χ2n) is 5.81. The molecule has 27 heavy (non-hydrogen) atoms. The fourth-order valence-electron chi connectivity index (χ4n) is 2.80. The number of benzene rings is 2. The number of hydrogen-bond donors (Lipinski definition) is 2. The third kappa shape index (κ3) is 3.70. The Morgan fingerprint density at radius 1 is 1.22 bits per heavy atom. The van der Waals surface area contributed by atoms with Crippen molar-refractivity contribution in [3.8, 4) is 11.5 Å². The minimum Gasteiger partial charge on any atom is -0.493 e. The molecule has 0 aliphatic carbocycles. The lowest BCUT2D eigenvalue weighted by Crippen LogP contribution is -2.23. The van der Waals surface area contributed by atoms with Crippen molar-refractivity contribution in [3.05, 3.63) is 62.6 Å². The molecule has 1 heterocycles. The minimum absolute atomic E-state index is 0.0850. The first-order chi connectivity index (χ1) is 12.9. The normalized spacial score (nSPS) is 10.7. The van der Waals surface area contributed by atoms with Crippen LogP contribution in [-0.2, 0) is 6.54 Å². The highest BCUT2D eigenvalue weighted by atomic mass is 32.1. The van der Waals surface area contributed by atoms with Crippen molar-refractivity contribution in [2.75, 3.05) is 13.7 Å². The third-order valence-corrected chi connectivity index (χ3v) is 4.42. The van der Waals surface area contributed by atoms with Crippen LogP contribution in [0, 0.1) is 4.77 Å². The number of ether oxygens (including phenoxy) is 2. The van der Waals surface area contributed by atoms with Crippen molar-refractivity contribution in [2.24, 2.45) is 0 Å². The molecule has 140 valence electrons. The number of aromatic amines is 1. The maximum atomic E-state index is 12.8.